The highest BCUT2D eigenvalue weighted by molar-refractivity contribution is 7.99. The highest BCUT2D eigenvalue weighted by Gasteiger charge is 2.08. The molecule has 0 bridgehead atoms. The highest BCUT2D eigenvalue weighted by atomic mass is 35.5. The zero-order chi connectivity index (χ0) is 13.7. The molecular formula is C13H14ClN3OS. The molecule has 0 spiro atoms. The number of rotatable bonds is 5. The van der Waals surface area contributed by atoms with Gasteiger partial charge >= 0.3 is 0 Å². The molecule has 6 heteroatoms. The molecule has 0 saturated heterocycles. The van der Waals surface area contributed by atoms with Crippen LogP contribution in [0.4, 0.5) is 5.69 Å². The summed E-state index contributed by atoms with van der Waals surface area (Å²) >= 11 is 7.39. The van der Waals surface area contributed by atoms with Crippen molar-refractivity contribution in [2.24, 2.45) is 0 Å². The van der Waals surface area contributed by atoms with Crippen LogP contribution >= 0.6 is 23.4 Å². The summed E-state index contributed by atoms with van der Waals surface area (Å²) < 4.78 is 1.99. The minimum absolute atomic E-state index is 0.0937. The number of anilines is 1. The third kappa shape index (κ3) is 3.75. The molecule has 0 unspecified atom stereocenters. The van der Waals surface area contributed by atoms with Gasteiger partial charge in [-0.25, -0.2) is 4.98 Å². The lowest BCUT2D eigenvalue weighted by Crippen LogP contribution is -2.14. The lowest BCUT2D eigenvalue weighted by molar-refractivity contribution is -0.113. The fourth-order valence-electron chi connectivity index (χ4n) is 1.56. The smallest absolute Gasteiger partial charge is 0.234 e. The third-order valence-corrected chi connectivity index (χ3v) is 3.83. The number of carbonyl (C=O) groups is 1. The molecule has 0 saturated carbocycles. The van der Waals surface area contributed by atoms with Crippen molar-refractivity contribution in [3.63, 3.8) is 0 Å². The molecular weight excluding hydrogens is 282 g/mol. The Morgan fingerprint density at radius 3 is 3.00 bits per heavy atom. The molecule has 1 heterocycles. The molecule has 1 aromatic carbocycles. The van der Waals surface area contributed by atoms with Crippen LogP contribution in [0.15, 0.2) is 41.8 Å². The number of aryl methyl sites for hydroxylation is 1. The van der Waals surface area contributed by atoms with Crippen LogP contribution in [0.5, 0.6) is 0 Å². The number of imidazole rings is 1. The van der Waals surface area contributed by atoms with Crippen LogP contribution in [0.2, 0.25) is 5.02 Å². The maximum absolute atomic E-state index is 11.8. The number of aromatic nitrogens is 2. The van der Waals surface area contributed by atoms with E-state index >= 15 is 0 Å². The van der Waals surface area contributed by atoms with Crippen molar-refractivity contribution in [3.8, 4) is 0 Å². The highest BCUT2D eigenvalue weighted by Crippen LogP contribution is 2.21. The molecule has 100 valence electrons. The second-order valence-corrected chi connectivity index (χ2v) is 5.16. The quantitative estimate of drug-likeness (QED) is 0.861. The molecule has 0 atom stereocenters. The van der Waals surface area contributed by atoms with Gasteiger partial charge in [-0.1, -0.05) is 35.5 Å². The van der Waals surface area contributed by atoms with Gasteiger partial charge in [-0.05, 0) is 19.1 Å². The normalized spacial score (nSPS) is 10.4. The fourth-order valence-corrected chi connectivity index (χ4v) is 2.56. The van der Waals surface area contributed by atoms with Gasteiger partial charge in [-0.15, -0.1) is 0 Å². The Balaban J connectivity index is 1.90. The lowest BCUT2D eigenvalue weighted by Gasteiger charge is -2.07. The number of nitrogens with zero attached hydrogens (tertiary/aromatic N) is 2. The first-order chi connectivity index (χ1) is 9.20. The Morgan fingerprint density at radius 2 is 2.26 bits per heavy atom. The number of nitrogens with one attached hydrogen (secondary N) is 1. The summed E-state index contributed by atoms with van der Waals surface area (Å²) in [4.78, 5) is 16.0. The van der Waals surface area contributed by atoms with E-state index in [2.05, 4.69) is 10.3 Å². The van der Waals surface area contributed by atoms with Crippen molar-refractivity contribution >= 4 is 35.0 Å². The first kappa shape index (κ1) is 14.0. The van der Waals surface area contributed by atoms with E-state index in [-0.39, 0.29) is 5.91 Å². The fraction of sp³-hybridized carbons (Fsp3) is 0.231. The zero-order valence-electron chi connectivity index (χ0n) is 10.5. The second-order valence-electron chi connectivity index (χ2n) is 3.81. The van der Waals surface area contributed by atoms with E-state index < -0.39 is 0 Å². The summed E-state index contributed by atoms with van der Waals surface area (Å²) in [5, 5.41) is 4.16. The van der Waals surface area contributed by atoms with Gasteiger partial charge in [0.1, 0.15) is 0 Å². The molecule has 1 aromatic heterocycles. The van der Waals surface area contributed by atoms with E-state index in [0.29, 0.717) is 16.5 Å². The number of thioether (sulfide) groups is 1. The molecule has 0 fully saturated rings. The van der Waals surface area contributed by atoms with E-state index in [4.69, 9.17) is 11.6 Å². The molecule has 0 aliphatic heterocycles. The number of hydrogen-bond donors (Lipinski definition) is 1. The van der Waals surface area contributed by atoms with Crippen molar-refractivity contribution in [2.45, 2.75) is 18.6 Å². The topological polar surface area (TPSA) is 46.9 Å². The Morgan fingerprint density at radius 1 is 1.47 bits per heavy atom. The van der Waals surface area contributed by atoms with Gasteiger partial charge in [-0.2, -0.15) is 0 Å². The number of hydrogen-bond acceptors (Lipinski definition) is 3. The van der Waals surface area contributed by atoms with Crippen LogP contribution in [0.1, 0.15) is 6.92 Å². The van der Waals surface area contributed by atoms with Gasteiger partial charge in [0.2, 0.25) is 5.91 Å². The van der Waals surface area contributed by atoms with E-state index in [9.17, 15) is 4.79 Å². The van der Waals surface area contributed by atoms with E-state index in [1.165, 1.54) is 11.8 Å². The zero-order valence-corrected chi connectivity index (χ0v) is 12.0. The van der Waals surface area contributed by atoms with Gasteiger partial charge in [0.15, 0.2) is 5.16 Å². The summed E-state index contributed by atoms with van der Waals surface area (Å²) in [6.07, 6.45) is 3.63. The van der Waals surface area contributed by atoms with Crippen LogP contribution in [0, 0.1) is 0 Å². The second kappa shape index (κ2) is 6.63. The van der Waals surface area contributed by atoms with Crippen LogP contribution in [-0.2, 0) is 11.3 Å². The van der Waals surface area contributed by atoms with Crippen molar-refractivity contribution in [1.29, 1.82) is 0 Å². The minimum Gasteiger partial charge on any atom is -0.326 e. The number of halogens is 1. The first-order valence-electron chi connectivity index (χ1n) is 5.89. The molecule has 2 aromatic rings. The van der Waals surface area contributed by atoms with Crippen molar-refractivity contribution in [1.82, 2.24) is 9.55 Å². The standard InChI is InChI=1S/C13H14ClN3OS/c1-2-17-8-7-15-13(17)19-9-12(18)16-11-6-4-3-5-10(11)14/h3-8H,2,9H2,1H3,(H,16,18). The first-order valence-corrected chi connectivity index (χ1v) is 7.25. The van der Waals surface area contributed by atoms with Crippen molar-refractivity contribution in [3.05, 3.63) is 41.7 Å². The van der Waals surface area contributed by atoms with E-state index in [1.54, 1.807) is 18.3 Å². The molecule has 19 heavy (non-hydrogen) atoms. The predicted molar refractivity (Wildman–Crippen MR) is 78.7 cm³/mol. The Labute approximate surface area is 121 Å². The Hall–Kier alpha value is -1.46. The summed E-state index contributed by atoms with van der Waals surface area (Å²) in [6.45, 7) is 2.88. The number of para-hydroxylation sites is 1. The summed E-state index contributed by atoms with van der Waals surface area (Å²) in [7, 11) is 0. The molecule has 0 aliphatic carbocycles. The largest absolute Gasteiger partial charge is 0.326 e. The van der Waals surface area contributed by atoms with E-state index in [1.807, 2.05) is 29.8 Å². The van der Waals surface area contributed by atoms with Crippen molar-refractivity contribution in [2.75, 3.05) is 11.1 Å². The van der Waals surface area contributed by atoms with Gasteiger partial charge < -0.3 is 9.88 Å². The summed E-state index contributed by atoms with van der Waals surface area (Å²) in [5.41, 5.74) is 0.633. The lowest BCUT2D eigenvalue weighted by atomic mass is 10.3. The minimum atomic E-state index is -0.0937. The van der Waals surface area contributed by atoms with Crippen LogP contribution in [0.25, 0.3) is 0 Å². The maximum atomic E-state index is 11.8. The molecule has 0 radical (unpaired) electrons. The van der Waals surface area contributed by atoms with Crippen LogP contribution in [-0.4, -0.2) is 21.2 Å². The van der Waals surface area contributed by atoms with Gasteiger partial charge in [-0.3, -0.25) is 4.79 Å². The molecule has 0 aliphatic rings. The average molecular weight is 296 g/mol. The Bertz CT molecular complexity index is 571. The molecule has 1 N–H and O–H groups in total. The predicted octanol–water partition coefficient (Wildman–Crippen LogP) is 3.29. The number of carbonyl (C=O) groups excluding carboxylic acids is 1. The Kier molecular flexibility index (Phi) is 4.87. The molecule has 4 nitrogen and oxygen atoms in total. The third-order valence-electron chi connectivity index (χ3n) is 2.50. The molecule has 1 amide bonds. The molecule has 2 rings (SSSR count). The van der Waals surface area contributed by atoms with Crippen molar-refractivity contribution < 1.29 is 4.79 Å². The van der Waals surface area contributed by atoms with E-state index in [0.717, 1.165) is 11.7 Å². The van der Waals surface area contributed by atoms with Gasteiger partial charge in [0.25, 0.3) is 0 Å². The summed E-state index contributed by atoms with van der Waals surface area (Å²) in [5.74, 6) is 0.214. The van der Waals surface area contributed by atoms with Crippen LogP contribution < -0.4 is 5.32 Å². The number of benzene rings is 1. The SMILES string of the molecule is CCn1ccnc1SCC(=O)Nc1ccccc1Cl. The maximum Gasteiger partial charge on any atom is 0.234 e. The summed E-state index contributed by atoms with van der Waals surface area (Å²) in [6, 6.07) is 7.18. The van der Waals surface area contributed by atoms with Gasteiger partial charge in [0, 0.05) is 18.9 Å². The number of amides is 1. The average Bonchev–Trinajstić information content (AvgIpc) is 2.86. The monoisotopic (exact) mass is 295 g/mol. The van der Waals surface area contributed by atoms with Crippen LogP contribution in [0.3, 0.4) is 0 Å². The van der Waals surface area contributed by atoms with Gasteiger partial charge in [0.05, 0.1) is 16.5 Å².